The number of carbonyl (C=O) groups is 2. The average molecular weight is 382 g/mol. The molecule has 0 saturated heterocycles. The minimum atomic E-state index is -1.24. The van der Waals surface area contributed by atoms with Crippen LogP contribution in [0.4, 0.5) is 5.69 Å². The monoisotopic (exact) mass is 381 g/mol. The number of anilines is 1. The van der Waals surface area contributed by atoms with Gasteiger partial charge in [-0.15, -0.1) is 0 Å². The van der Waals surface area contributed by atoms with Gasteiger partial charge in [-0.05, 0) is 29.8 Å². The molecule has 0 bridgehead atoms. The molecule has 1 N–H and O–H groups in total. The predicted octanol–water partition coefficient (Wildman–Crippen LogP) is 4.11. The number of hydrogen-bond donors (Lipinski definition) is 1. The average Bonchev–Trinajstić information content (AvgIpc) is 2.61. The summed E-state index contributed by atoms with van der Waals surface area (Å²) >= 11 is 12.3. The maximum Gasteiger partial charge on any atom is 0.322 e. The smallest absolute Gasteiger partial charge is 0.322 e. The third kappa shape index (κ3) is 4.65. The summed E-state index contributed by atoms with van der Waals surface area (Å²) in [5, 5.41) is 4.05. The first-order valence-electron chi connectivity index (χ1n) is 7.40. The van der Waals surface area contributed by atoms with Gasteiger partial charge in [-0.25, -0.2) is 0 Å². The highest BCUT2D eigenvalue weighted by molar-refractivity contribution is 6.31. The standard InChI is InChI=1S/C18H17Cl2NO4/c1-24-17(22)15(18(23)25-2)16(13-8-3-4-9-14(13)20)21-12-7-5-6-11(19)10-12/h3-10,15-16,21H,1-2H3. The van der Waals surface area contributed by atoms with E-state index in [1.165, 1.54) is 14.2 Å². The van der Waals surface area contributed by atoms with Crippen molar-refractivity contribution in [3.8, 4) is 0 Å². The van der Waals surface area contributed by atoms with Crippen molar-refractivity contribution in [2.75, 3.05) is 19.5 Å². The number of nitrogens with one attached hydrogen (secondary N) is 1. The Morgan fingerprint density at radius 2 is 1.60 bits per heavy atom. The molecule has 0 fully saturated rings. The van der Waals surface area contributed by atoms with Gasteiger partial charge in [-0.3, -0.25) is 9.59 Å². The largest absolute Gasteiger partial charge is 0.468 e. The number of benzene rings is 2. The highest BCUT2D eigenvalue weighted by atomic mass is 35.5. The highest BCUT2D eigenvalue weighted by Gasteiger charge is 2.39. The molecule has 0 spiro atoms. The summed E-state index contributed by atoms with van der Waals surface area (Å²) in [4.78, 5) is 24.5. The van der Waals surface area contributed by atoms with Crippen LogP contribution in [0, 0.1) is 5.92 Å². The van der Waals surface area contributed by atoms with E-state index in [1.54, 1.807) is 48.5 Å². The normalized spacial score (nSPS) is 11.7. The molecule has 0 aliphatic heterocycles. The topological polar surface area (TPSA) is 64.6 Å². The Labute approximate surface area is 155 Å². The molecule has 0 aliphatic carbocycles. The van der Waals surface area contributed by atoms with E-state index in [-0.39, 0.29) is 0 Å². The minimum Gasteiger partial charge on any atom is -0.468 e. The zero-order valence-electron chi connectivity index (χ0n) is 13.7. The summed E-state index contributed by atoms with van der Waals surface area (Å²) < 4.78 is 9.58. The Morgan fingerprint density at radius 3 is 2.16 bits per heavy atom. The molecular weight excluding hydrogens is 365 g/mol. The number of carbonyl (C=O) groups excluding carboxylic acids is 2. The van der Waals surface area contributed by atoms with Crippen molar-refractivity contribution in [2.24, 2.45) is 5.92 Å². The van der Waals surface area contributed by atoms with Gasteiger partial charge in [0.25, 0.3) is 0 Å². The lowest BCUT2D eigenvalue weighted by Crippen LogP contribution is -2.36. The van der Waals surface area contributed by atoms with Crippen molar-refractivity contribution in [3.63, 3.8) is 0 Å². The van der Waals surface area contributed by atoms with E-state index in [2.05, 4.69) is 5.32 Å². The first-order chi connectivity index (χ1) is 12.0. The van der Waals surface area contributed by atoms with E-state index in [1.807, 2.05) is 0 Å². The molecule has 1 unspecified atom stereocenters. The lowest BCUT2D eigenvalue weighted by molar-refractivity contribution is -0.159. The Balaban J connectivity index is 2.52. The Hall–Kier alpha value is -2.24. The fourth-order valence-electron chi connectivity index (χ4n) is 2.45. The van der Waals surface area contributed by atoms with E-state index in [0.717, 1.165) is 0 Å². The van der Waals surface area contributed by atoms with Crippen LogP contribution in [0.25, 0.3) is 0 Å². The van der Waals surface area contributed by atoms with Gasteiger partial charge in [-0.1, -0.05) is 47.5 Å². The molecule has 7 heteroatoms. The molecule has 1 atom stereocenters. The van der Waals surface area contributed by atoms with Gasteiger partial charge in [0.1, 0.15) is 0 Å². The van der Waals surface area contributed by atoms with Crippen molar-refractivity contribution < 1.29 is 19.1 Å². The molecule has 2 aromatic rings. The molecule has 0 saturated carbocycles. The Kier molecular flexibility index (Phi) is 6.67. The fourth-order valence-corrected chi connectivity index (χ4v) is 2.89. The van der Waals surface area contributed by atoms with Crippen LogP contribution in [0.2, 0.25) is 10.0 Å². The number of ether oxygens (including phenoxy) is 2. The van der Waals surface area contributed by atoms with Gasteiger partial charge < -0.3 is 14.8 Å². The maximum absolute atomic E-state index is 12.3. The Morgan fingerprint density at radius 1 is 0.960 bits per heavy atom. The molecule has 132 valence electrons. The summed E-state index contributed by atoms with van der Waals surface area (Å²) in [6.45, 7) is 0. The lowest BCUT2D eigenvalue weighted by atomic mass is 9.92. The first kappa shape index (κ1) is 19.1. The van der Waals surface area contributed by atoms with Crippen molar-refractivity contribution in [3.05, 3.63) is 64.1 Å². The molecule has 0 radical (unpaired) electrons. The molecule has 2 rings (SSSR count). The SMILES string of the molecule is COC(=O)C(C(=O)OC)C(Nc1cccc(Cl)c1)c1ccccc1Cl. The molecule has 0 aromatic heterocycles. The van der Waals surface area contributed by atoms with Gasteiger partial charge in [0.2, 0.25) is 0 Å². The molecule has 0 aliphatic rings. The summed E-state index contributed by atoms with van der Waals surface area (Å²) in [5.74, 6) is -2.70. The predicted molar refractivity (Wildman–Crippen MR) is 96.8 cm³/mol. The third-order valence-corrected chi connectivity index (χ3v) is 4.21. The second kappa shape index (κ2) is 8.74. The summed E-state index contributed by atoms with van der Waals surface area (Å²) in [6.07, 6.45) is 0. The zero-order chi connectivity index (χ0) is 18.4. The van der Waals surface area contributed by atoms with Crippen molar-refractivity contribution in [2.45, 2.75) is 6.04 Å². The lowest BCUT2D eigenvalue weighted by Gasteiger charge is -2.26. The van der Waals surface area contributed by atoms with Crippen molar-refractivity contribution >= 4 is 40.8 Å². The van der Waals surface area contributed by atoms with Crippen molar-refractivity contribution in [1.82, 2.24) is 0 Å². The first-order valence-corrected chi connectivity index (χ1v) is 8.15. The van der Waals surface area contributed by atoms with E-state index in [0.29, 0.717) is 21.3 Å². The van der Waals surface area contributed by atoms with E-state index in [9.17, 15) is 9.59 Å². The van der Waals surface area contributed by atoms with Gasteiger partial charge in [0.15, 0.2) is 5.92 Å². The summed E-state index contributed by atoms with van der Waals surface area (Å²) in [6, 6.07) is 13.0. The molecule has 0 heterocycles. The molecule has 5 nitrogen and oxygen atoms in total. The summed E-state index contributed by atoms with van der Waals surface area (Å²) in [5.41, 5.74) is 1.18. The quantitative estimate of drug-likeness (QED) is 0.602. The van der Waals surface area contributed by atoms with Crippen LogP contribution in [0.1, 0.15) is 11.6 Å². The number of hydrogen-bond acceptors (Lipinski definition) is 5. The van der Waals surface area contributed by atoms with Crippen LogP contribution in [-0.2, 0) is 19.1 Å². The molecule has 25 heavy (non-hydrogen) atoms. The highest BCUT2D eigenvalue weighted by Crippen LogP contribution is 2.33. The van der Waals surface area contributed by atoms with Crippen molar-refractivity contribution in [1.29, 1.82) is 0 Å². The number of methoxy groups -OCH3 is 2. The second-order valence-corrected chi connectivity index (χ2v) is 6.02. The van der Waals surface area contributed by atoms with Gasteiger partial charge in [0.05, 0.1) is 20.3 Å². The number of esters is 2. The third-order valence-electron chi connectivity index (χ3n) is 3.63. The summed E-state index contributed by atoms with van der Waals surface area (Å²) in [7, 11) is 2.42. The van der Waals surface area contributed by atoms with E-state index in [4.69, 9.17) is 32.7 Å². The van der Waals surface area contributed by atoms with Crippen LogP contribution in [0.15, 0.2) is 48.5 Å². The van der Waals surface area contributed by atoms with Gasteiger partial charge in [-0.2, -0.15) is 0 Å². The minimum absolute atomic E-state index is 0.403. The fraction of sp³-hybridized carbons (Fsp3) is 0.222. The second-order valence-electron chi connectivity index (χ2n) is 5.18. The Bertz CT molecular complexity index is 750. The zero-order valence-corrected chi connectivity index (χ0v) is 15.2. The molecular formula is C18H17Cl2NO4. The van der Waals surface area contributed by atoms with Crippen LogP contribution >= 0.6 is 23.2 Å². The van der Waals surface area contributed by atoms with E-state index < -0.39 is 23.9 Å². The molecule has 0 amide bonds. The number of rotatable bonds is 6. The van der Waals surface area contributed by atoms with Crippen LogP contribution in [0.5, 0.6) is 0 Å². The maximum atomic E-state index is 12.3. The van der Waals surface area contributed by atoms with Gasteiger partial charge >= 0.3 is 11.9 Å². The van der Waals surface area contributed by atoms with Gasteiger partial charge in [0, 0.05) is 15.7 Å². The van der Waals surface area contributed by atoms with E-state index >= 15 is 0 Å². The molecule has 2 aromatic carbocycles. The van der Waals surface area contributed by atoms with Crippen LogP contribution in [-0.4, -0.2) is 26.2 Å². The van der Waals surface area contributed by atoms with Crippen LogP contribution < -0.4 is 5.32 Å². The number of halogens is 2. The van der Waals surface area contributed by atoms with Crippen LogP contribution in [0.3, 0.4) is 0 Å².